The lowest BCUT2D eigenvalue weighted by Gasteiger charge is -2.23. The normalized spacial score (nSPS) is 16.4. The average Bonchev–Trinajstić information content (AvgIpc) is 2.54. The third kappa shape index (κ3) is 5.88. The smallest absolute Gasteiger partial charge is 0.187 e. The number of benzene rings is 1. The summed E-state index contributed by atoms with van der Waals surface area (Å²) in [6.07, 6.45) is 0. The highest BCUT2D eigenvalue weighted by Crippen LogP contribution is 2.09. The molecule has 5 nitrogen and oxygen atoms in total. The maximum absolute atomic E-state index is 5.87. The second-order valence-electron chi connectivity index (χ2n) is 5.18. The minimum atomic E-state index is 0.543. The van der Waals surface area contributed by atoms with Crippen molar-refractivity contribution in [3.8, 4) is 0 Å². The van der Waals surface area contributed by atoms with Gasteiger partial charge in [0.05, 0.1) is 32.0 Å². The molecular weight excluding hydrogens is 320 g/mol. The minimum Gasteiger partial charge on any atom is -0.370 e. The number of hydrogen-bond donors (Lipinski definition) is 3. The van der Waals surface area contributed by atoms with E-state index in [1.165, 1.54) is 0 Å². The van der Waals surface area contributed by atoms with Crippen LogP contribution >= 0.6 is 23.8 Å². The van der Waals surface area contributed by atoms with Crippen molar-refractivity contribution in [1.29, 1.82) is 0 Å². The Balaban J connectivity index is 1.69. The van der Waals surface area contributed by atoms with Crippen LogP contribution in [0.5, 0.6) is 0 Å². The number of nitrogens with one attached hydrogen (secondary N) is 3. The van der Waals surface area contributed by atoms with Crippen molar-refractivity contribution in [1.82, 2.24) is 10.7 Å². The number of hydrogen-bond acceptors (Lipinski definition) is 3. The fourth-order valence-corrected chi connectivity index (χ4v) is 2.47. The van der Waals surface area contributed by atoms with E-state index in [2.05, 4.69) is 15.8 Å². The van der Waals surface area contributed by atoms with Gasteiger partial charge in [-0.25, -0.2) is 0 Å². The van der Waals surface area contributed by atoms with Crippen LogP contribution in [0.25, 0.3) is 0 Å². The number of rotatable bonds is 5. The Hall–Kier alpha value is -1.21. The maximum Gasteiger partial charge on any atom is 0.187 e. The topological polar surface area (TPSA) is 50.1 Å². The Morgan fingerprint density at radius 1 is 1.32 bits per heavy atom. The molecule has 1 heterocycles. The van der Waals surface area contributed by atoms with E-state index in [1.807, 2.05) is 31.2 Å². The highest BCUT2D eigenvalue weighted by molar-refractivity contribution is 7.80. The molecule has 1 aliphatic heterocycles. The lowest BCUT2D eigenvalue weighted by atomic mass is 10.1. The molecule has 3 N–H and O–H groups in total. The van der Waals surface area contributed by atoms with Crippen LogP contribution in [0.1, 0.15) is 12.5 Å². The number of thiocarbonyl (C=S) groups is 1. The first-order valence-corrected chi connectivity index (χ1v) is 8.19. The number of ether oxygens (including phenoxy) is 1. The Morgan fingerprint density at radius 2 is 2.00 bits per heavy atom. The number of halogens is 1. The van der Waals surface area contributed by atoms with Gasteiger partial charge in [0.25, 0.3) is 0 Å². The first-order valence-electron chi connectivity index (χ1n) is 7.40. The molecule has 0 unspecified atom stereocenters. The zero-order valence-corrected chi connectivity index (χ0v) is 14.3. The standard InChI is InChI=1S/C15H21ClN4OS/c1-12(13-2-4-14(16)5-3-13)18-19-15(22)17-6-7-20-8-10-21-11-9-20/h2-5H,6-11H2,1H3,(H2,17,19,22)/p+1/b18-12-. The minimum absolute atomic E-state index is 0.543. The lowest BCUT2D eigenvalue weighted by Crippen LogP contribution is -3.14. The van der Waals surface area contributed by atoms with Gasteiger partial charge in [0.2, 0.25) is 0 Å². The van der Waals surface area contributed by atoms with Gasteiger partial charge in [-0.15, -0.1) is 0 Å². The van der Waals surface area contributed by atoms with Gasteiger partial charge in [-0.05, 0) is 36.8 Å². The molecule has 1 fully saturated rings. The third-order valence-electron chi connectivity index (χ3n) is 3.55. The SMILES string of the molecule is C/C(=N/NC(=S)NCC[NH+]1CCOCC1)c1ccc(Cl)cc1. The fourth-order valence-electron chi connectivity index (χ4n) is 2.19. The van der Waals surface area contributed by atoms with Crippen LogP contribution in [-0.2, 0) is 4.74 Å². The molecule has 0 aliphatic carbocycles. The van der Waals surface area contributed by atoms with E-state index in [0.717, 1.165) is 50.7 Å². The summed E-state index contributed by atoms with van der Waals surface area (Å²) in [7, 11) is 0. The van der Waals surface area contributed by atoms with Crippen LogP contribution in [-0.4, -0.2) is 50.2 Å². The molecule has 0 bridgehead atoms. The summed E-state index contributed by atoms with van der Waals surface area (Å²) in [5.41, 5.74) is 4.75. The van der Waals surface area contributed by atoms with Gasteiger partial charge in [-0.3, -0.25) is 5.43 Å². The van der Waals surface area contributed by atoms with E-state index in [4.69, 9.17) is 28.6 Å². The molecule has 1 aliphatic rings. The van der Waals surface area contributed by atoms with E-state index in [-0.39, 0.29) is 0 Å². The first-order chi connectivity index (χ1) is 10.6. The zero-order chi connectivity index (χ0) is 15.8. The fraction of sp³-hybridized carbons (Fsp3) is 0.467. The van der Waals surface area contributed by atoms with Crippen molar-refractivity contribution in [3.05, 3.63) is 34.9 Å². The highest BCUT2D eigenvalue weighted by atomic mass is 35.5. The van der Waals surface area contributed by atoms with E-state index >= 15 is 0 Å². The number of hydrazone groups is 1. The number of morpholine rings is 1. The summed E-state index contributed by atoms with van der Waals surface area (Å²) in [6.45, 7) is 7.62. The van der Waals surface area contributed by atoms with Gasteiger partial charge in [0.1, 0.15) is 13.1 Å². The molecule has 7 heteroatoms. The largest absolute Gasteiger partial charge is 0.370 e. The van der Waals surface area contributed by atoms with Crippen LogP contribution in [0.2, 0.25) is 5.02 Å². The summed E-state index contributed by atoms with van der Waals surface area (Å²) in [5.74, 6) is 0. The maximum atomic E-state index is 5.87. The first kappa shape index (κ1) is 17.1. The van der Waals surface area contributed by atoms with Crippen molar-refractivity contribution in [2.75, 3.05) is 39.4 Å². The van der Waals surface area contributed by atoms with Gasteiger partial charge in [-0.2, -0.15) is 5.10 Å². The van der Waals surface area contributed by atoms with Gasteiger partial charge in [0.15, 0.2) is 5.11 Å². The predicted octanol–water partition coefficient (Wildman–Crippen LogP) is 0.443. The Kier molecular flexibility index (Phi) is 7.05. The van der Waals surface area contributed by atoms with Crippen LogP contribution in [0, 0.1) is 0 Å². The van der Waals surface area contributed by atoms with Crippen molar-refractivity contribution in [2.24, 2.45) is 5.10 Å². The van der Waals surface area contributed by atoms with Crippen LogP contribution < -0.4 is 15.6 Å². The molecule has 0 radical (unpaired) electrons. The highest BCUT2D eigenvalue weighted by Gasteiger charge is 2.12. The van der Waals surface area contributed by atoms with Gasteiger partial charge < -0.3 is 15.0 Å². The van der Waals surface area contributed by atoms with Crippen molar-refractivity contribution >= 4 is 34.6 Å². The molecular formula is C15H22ClN4OS+. The average molecular weight is 342 g/mol. The molecule has 0 saturated carbocycles. The van der Waals surface area contributed by atoms with E-state index in [1.54, 1.807) is 4.90 Å². The molecule has 0 spiro atoms. The van der Waals surface area contributed by atoms with E-state index in [9.17, 15) is 0 Å². The molecule has 0 aromatic heterocycles. The molecule has 120 valence electrons. The summed E-state index contributed by atoms with van der Waals surface area (Å²) < 4.78 is 5.34. The quantitative estimate of drug-likeness (QED) is 0.413. The zero-order valence-electron chi connectivity index (χ0n) is 12.7. The molecule has 0 atom stereocenters. The molecule has 2 rings (SSSR count). The summed E-state index contributed by atoms with van der Waals surface area (Å²) in [4.78, 5) is 1.54. The van der Waals surface area contributed by atoms with Gasteiger partial charge in [0, 0.05) is 5.02 Å². The van der Waals surface area contributed by atoms with Crippen molar-refractivity contribution < 1.29 is 9.64 Å². The Bertz CT molecular complexity index is 515. The van der Waals surface area contributed by atoms with Crippen molar-refractivity contribution in [2.45, 2.75) is 6.92 Å². The van der Waals surface area contributed by atoms with Crippen LogP contribution in [0.15, 0.2) is 29.4 Å². The van der Waals surface area contributed by atoms with Crippen molar-refractivity contribution in [3.63, 3.8) is 0 Å². The second-order valence-corrected chi connectivity index (χ2v) is 6.03. The van der Waals surface area contributed by atoms with E-state index < -0.39 is 0 Å². The van der Waals surface area contributed by atoms with Gasteiger partial charge >= 0.3 is 0 Å². The predicted molar refractivity (Wildman–Crippen MR) is 93.8 cm³/mol. The molecule has 1 aromatic carbocycles. The summed E-state index contributed by atoms with van der Waals surface area (Å²) in [5, 5.41) is 8.72. The number of quaternary nitrogens is 1. The Morgan fingerprint density at radius 3 is 2.68 bits per heavy atom. The molecule has 22 heavy (non-hydrogen) atoms. The Labute approximate surface area is 141 Å². The number of nitrogens with zero attached hydrogens (tertiary/aromatic N) is 1. The monoisotopic (exact) mass is 341 g/mol. The molecule has 1 aromatic rings. The lowest BCUT2D eigenvalue weighted by molar-refractivity contribution is -0.906. The molecule has 1 saturated heterocycles. The van der Waals surface area contributed by atoms with E-state index in [0.29, 0.717) is 10.1 Å². The van der Waals surface area contributed by atoms with Gasteiger partial charge in [-0.1, -0.05) is 23.7 Å². The van der Waals surface area contributed by atoms with Crippen LogP contribution in [0.3, 0.4) is 0 Å². The van der Waals surface area contributed by atoms with Crippen LogP contribution in [0.4, 0.5) is 0 Å². The summed E-state index contributed by atoms with van der Waals surface area (Å²) in [6, 6.07) is 7.55. The second kappa shape index (κ2) is 9.05. The molecule has 0 amide bonds. The summed E-state index contributed by atoms with van der Waals surface area (Å²) >= 11 is 11.1. The third-order valence-corrected chi connectivity index (χ3v) is 4.04.